The maximum Gasteiger partial charge on any atom is 0.318 e. The number of likely N-dealkylation sites (tertiary alicyclic amines) is 1. The fourth-order valence-corrected chi connectivity index (χ4v) is 4.73. The van der Waals surface area contributed by atoms with Gasteiger partial charge in [-0.15, -0.1) is 0 Å². The zero-order chi connectivity index (χ0) is 22.1. The smallest absolute Gasteiger partial charge is 0.318 e. The first-order valence-corrected chi connectivity index (χ1v) is 11.5. The van der Waals surface area contributed by atoms with Gasteiger partial charge >= 0.3 is 6.03 Å². The van der Waals surface area contributed by atoms with E-state index in [0.717, 1.165) is 35.5 Å². The number of fused-ring (bicyclic) bond motifs is 1. The maximum atomic E-state index is 13.3. The molecule has 1 fully saturated rings. The summed E-state index contributed by atoms with van der Waals surface area (Å²) in [5, 5.41) is 8.92. The highest BCUT2D eigenvalue weighted by Gasteiger charge is 2.35. The Kier molecular flexibility index (Phi) is 5.93. The molecular formula is C23H23Cl2N5O2. The van der Waals surface area contributed by atoms with Gasteiger partial charge in [0.1, 0.15) is 17.9 Å². The van der Waals surface area contributed by atoms with Crippen LogP contribution < -0.4 is 10.1 Å². The second-order valence-electron chi connectivity index (χ2n) is 8.08. The molecule has 1 N–H and O–H groups in total. The summed E-state index contributed by atoms with van der Waals surface area (Å²) in [6, 6.07) is 12.9. The lowest BCUT2D eigenvalue weighted by Gasteiger charge is -2.30. The molecule has 0 aliphatic carbocycles. The molecule has 2 aromatic carbocycles. The van der Waals surface area contributed by atoms with Crippen molar-refractivity contribution in [3.63, 3.8) is 0 Å². The van der Waals surface area contributed by atoms with Crippen LogP contribution in [0.4, 0.5) is 4.79 Å². The third-order valence-corrected chi connectivity index (χ3v) is 6.50. The molecule has 2 aliphatic heterocycles. The standard InChI is InChI=1S/C23H23Cl2N5O2/c24-16-5-3-15(4-6-16)13-30-22(26-14-27-30)20-2-1-10-29(20)23(31)28-19-9-11-32-21-12-17(25)7-8-18(19)21/h3-8,12,14,19-20H,1-2,9-11,13H2,(H,28,31)/t19?,20-/m1/s1. The van der Waals surface area contributed by atoms with Gasteiger partial charge in [0.15, 0.2) is 0 Å². The van der Waals surface area contributed by atoms with Gasteiger partial charge in [-0.2, -0.15) is 5.10 Å². The highest BCUT2D eigenvalue weighted by Crippen LogP contribution is 2.36. The first-order valence-electron chi connectivity index (χ1n) is 10.7. The van der Waals surface area contributed by atoms with Crippen LogP contribution in [0.1, 0.15) is 48.3 Å². The molecule has 3 heterocycles. The van der Waals surface area contributed by atoms with Crippen LogP contribution in [0.5, 0.6) is 5.75 Å². The number of aromatic nitrogens is 3. The molecule has 5 rings (SSSR count). The van der Waals surface area contributed by atoms with Gasteiger partial charge in [0, 0.05) is 28.6 Å². The lowest BCUT2D eigenvalue weighted by molar-refractivity contribution is 0.179. The van der Waals surface area contributed by atoms with E-state index in [2.05, 4.69) is 15.4 Å². The second kappa shape index (κ2) is 9.00. The van der Waals surface area contributed by atoms with Crippen molar-refractivity contribution in [1.29, 1.82) is 0 Å². The quantitative estimate of drug-likeness (QED) is 0.580. The van der Waals surface area contributed by atoms with Crippen LogP contribution in [0.2, 0.25) is 10.0 Å². The number of hydrogen-bond donors (Lipinski definition) is 1. The van der Waals surface area contributed by atoms with E-state index in [1.54, 1.807) is 12.4 Å². The van der Waals surface area contributed by atoms with E-state index < -0.39 is 0 Å². The van der Waals surface area contributed by atoms with E-state index in [0.29, 0.717) is 36.2 Å². The van der Waals surface area contributed by atoms with Crippen molar-refractivity contribution in [3.8, 4) is 5.75 Å². The van der Waals surface area contributed by atoms with Crippen LogP contribution in [0.15, 0.2) is 48.8 Å². The largest absolute Gasteiger partial charge is 0.493 e. The van der Waals surface area contributed by atoms with E-state index in [-0.39, 0.29) is 18.1 Å². The van der Waals surface area contributed by atoms with Crippen LogP contribution >= 0.6 is 23.2 Å². The minimum Gasteiger partial charge on any atom is -0.493 e. The van der Waals surface area contributed by atoms with Crippen molar-refractivity contribution in [2.24, 2.45) is 0 Å². The fourth-order valence-electron chi connectivity index (χ4n) is 4.44. The average Bonchev–Trinajstić information content (AvgIpc) is 3.44. The maximum absolute atomic E-state index is 13.3. The Labute approximate surface area is 196 Å². The van der Waals surface area contributed by atoms with Crippen molar-refractivity contribution in [2.45, 2.75) is 37.9 Å². The molecule has 2 atom stereocenters. The molecule has 0 radical (unpaired) electrons. The Bertz CT molecular complexity index is 1120. The minimum atomic E-state index is -0.116. The van der Waals surface area contributed by atoms with Crippen LogP contribution in [0, 0.1) is 0 Å². The van der Waals surface area contributed by atoms with Crippen molar-refractivity contribution in [1.82, 2.24) is 25.0 Å². The van der Waals surface area contributed by atoms with Gasteiger partial charge in [-0.3, -0.25) is 0 Å². The average molecular weight is 472 g/mol. The number of halogens is 2. The van der Waals surface area contributed by atoms with E-state index in [1.807, 2.05) is 46.0 Å². The van der Waals surface area contributed by atoms with Gasteiger partial charge in [0.2, 0.25) is 0 Å². The van der Waals surface area contributed by atoms with Crippen LogP contribution in [-0.2, 0) is 6.54 Å². The second-order valence-corrected chi connectivity index (χ2v) is 8.95. The van der Waals surface area contributed by atoms with Gasteiger partial charge in [-0.1, -0.05) is 41.4 Å². The highest BCUT2D eigenvalue weighted by atomic mass is 35.5. The zero-order valence-electron chi connectivity index (χ0n) is 17.4. The lowest BCUT2D eigenvalue weighted by atomic mass is 10.0. The lowest BCUT2D eigenvalue weighted by Crippen LogP contribution is -2.43. The molecule has 0 bridgehead atoms. The summed E-state index contributed by atoms with van der Waals surface area (Å²) >= 11 is 12.1. The summed E-state index contributed by atoms with van der Waals surface area (Å²) < 4.78 is 7.59. The van der Waals surface area contributed by atoms with Crippen LogP contribution in [0.3, 0.4) is 0 Å². The number of amides is 2. The van der Waals surface area contributed by atoms with E-state index in [1.165, 1.54) is 0 Å². The molecule has 2 aliphatic rings. The van der Waals surface area contributed by atoms with Crippen molar-refractivity contribution in [3.05, 3.63) is 75.8 Å². The first-order chi connectivity index (χ1) is 15.6. The topological polar surface area (TPSA) is 72.3 Å². The molecule has 3 aromatic rings. The third-order valence-electron chi connectivity index (χ3n) is 6.02. The molecular weight excluding hydrogens is 449 g/mol. The van der Waals surface area contributed by atoms with E-state index >= 15 is 0 Å². The molecule has 1 aromatic heterocycles. The van der Waals surface area contributed by atoms with E-state index in [4.69, 9.17) is 27.9 Å². The number of nitrogens with one attached hydrogen (secondary N) is 1. The Balaban J connectivity index is 1.32. The molecule has 1 saturated heterocycles. The summed E-state index contributed by atoms with van der Waals surface area (Å²) in [6.07, 6.45) is 4.04. The normalized spacial score (nSPS) is 20.0. The summed E-state index contributed by atoms with van der Waals surface area (Å²) in [4.78, 5) is 19.7. The summed E-state index contributed by atoms with van der Waals surface area (Å²) in [5.41, 5.74) is 2.03. The molecule has 2 amide bonds. The molecule has 32 heavy (non-hydrogen) atoms. The Morgan fingerprint density at radius 1 is 1.12 bits per heavy atom. The molecule has 7 nitrogen and oxygen atoms in total. The van der Waals surface area contributed by atoms with Crippen molar-refractivity contribution in [2.75, 3.05) is 13.2 Å². The van der Waals surface area contributed by atoms with Gasteiger partial charge in [0.25, 0.3) is 0 Å². The van der Waals surface area contributed by atoms with Crippen LogP contribution in [-0.4, -0.2) is 38.8 Å². The number of carbonyl (C=O) groups is 1. The number of hydrogen-bond acceptors (Lipinski definition) is 4. The predicted molar refractivity (Wildman–Crippen MR) is 122 cm³/mol. The Hall–Kier alpha value is -2.77. The first kappa shape index (κ1) is 21.1. The summed E-state index contributed by atoms with van der Waals surface area (Å²) in [5.74, 6) is 1.53. The molecule has 1 unspecified atom stereocenters. The number of rotatable bonds is 4. The van der Waals surface area contributed by atoms with Crippen molar-refractivity contribution >= 4 is 29.2 Å². The number of urea groups is 1. The van der Waals surface area contributed by atoms with Gasteiger partial charge < -0.3 is 15.0 Å². The van der Waals surface area contributed by atoms with Gasteiger partial charge in [0.05, 0.1) is 25.2 Å². The predicted octanol–water partition coefficient (Wildman–Crippen LogP) is 5.00. The number of nitrogens with zero attached hydrogens (tertiary/aromatic N) is 4. The Morgan fingerprint density at radius 2 is 1.94 bits per heavy atom. The molecule has 166 valence electrons. The minimum absolute atomic E-state index is 0.0960. The van der Waals surface area contributed by atoms with E-state index in [9.17, 15) is 4.79 Å². The fraction of sp³-hybridized carbons (Fsp3) is 0.348. The SMILES string of the molecule is O=C(NC1CCOc2cc(Cl)ccc21)N1CCC[C@@H]1c1ncnn1Cc1ccc(Cl)cc1. The molecule has 0 saturated carbocycles. The van der Waals surface area contributed by atoms with Gasteiger partial charge in [-0.25, -0.2) is 14.5 Å². The molecule has 0 spiro atoms. The Morgan fingerprint density at radius 3 is 2.78 bits per heavy atom. The van der Waals surface area contributed by atoms with Crippen molar-refractivity contribution < 1.29 is 9.53 Å². The monoisotopic (exact) mass is 471 g/mol. The molecule has 9 heteroatoms. The number of benzene rings is 2. The third kappa shape index (κ3) is 4.27. The number of carbonyl (C=O) groups excluding carboxylic acids is 1. The summed E-state index contributed by atoms with van der Waals surface area (Å²) in [6.45, 7) is 1.80. The number of ether oxygens (including phenoxy) is 1. The zero-order valence-corrected chi connectivity index (χ0v) is 18.9. The van der Waals surface area contributed by atoms with Crippen LogP contribution in [0.25, 0.3) is 0 Å². The van der Waals surface area contributed by atoms with Gasteiger partial charge in [-0.05, 0) is 42.7 Å². The summed E-state index contributed by atoms with van der Waals surface area (Å²) in [7, 11) is 0. The highest BCUT2D eigenvalue weighted by molar-refractivity contribution is 6.30.